The standard InChI is InChI=1S/C17H19N3O3S/c1-12-7-16(6-5-15(12)8-18)23-17-9-20(19-13(17)2)11-24(21,22)10-14-3-4-14/h5-7,9,14H,3-4,10-11H2,1-2H3. The second-order valence-electron chi connectivity index (χ2n) is 6.29. The molecule has 1 aromatic heterocycles. The molecule has 0 amide bonds. The number of nitrogens with zero attached hydrogens (tertiary/aromatic N) is 3. The molecule has 0 aliphatic heterocycles. The Morgan fingerprint density at radius 2 is 2.12 bits per heavy atom. The van der Waals surface area contributed by atoms with Gasteiger partial charge in [0.05, 0.1) is 23.6 Å². The number of benzene rings is 1. The molecule has 0 atom stereocenters. The van der Waals surface area contributed by atoms with E-state index in [1.54, 1.807) is 31.3 Å². The lowest BCUT2D eigenvalue weighted by atomic mass is 10.1. The second kappa shape index (κ2) is 6.29. The predicted molar refractivity (Wildman–Crippen MR) is 89.4 cm³/mol. The topological polar surface area (TPSA) is 85.0 Å². The molecule has 1 aliphatic rings. The molecule has 0 unspecified atom stereocenters. The lowest BCUT2D eigenvalue weighted by Crippen LogP contribution is -2.16. The van der Waals surface area contributed by atoms with E-state index in [1.807, 2.05) is 6.92 Å². The van der Waals surface area contributed by atoms with Gasteiger partial charge in [0.15, 0.2) is 15.6 Å². The molecule has 0 N–H and O–H groups in total. The number of nitriles is 1. The Morgan fingerprint density at radius 1 is 1.38 bits per heavy atom. The summed E-state index contributed by atoms with van der Waals surface area (Å²) in [7, 11) is -3.15. The van der Waals surface area contributed by atoms with E-state index in [0.29, 0.717) is 28.7 Å². The van der Waals surface area contributed by atoms with Crippen LogP contribution in [0.4, 0.5) is 0 Å². The van der Waals surface area contributed by atoms with Crippen LogP contribution in [-0.2, 0) is 15.7 Å². The first kappa shape index (κ1) is 16.5. The van der Waals surface area contributed by atoms with Crippen LogP contribution in [0.5, 0.6) is 11.5 Å². The van der Waals surface area contributed by atoms with Gasteiger partial charge < -0.3 is 4.74 Å². The van der Waals surface area contributed by atoms with Crippen molar-refractivity contribution in [2.24, 2.45) is 5.92 Å². The van der Waals surface area contributed by atoms with E-state index in [1.165, 1.54) is 4.68 Å². The van der Waals surface area contributed by atoms with Gasteiger partial charge in [0, 0.05) is 0 Å². The largest absolute Gasteiger partial charge is 0.454 e. The Labute approximate surface area is 141 Å². The van der Waals surface area contributed by atoms with Gasteiger partial charge in [-0.15, -0.1) is 0 Å². The molecule has 1 aromatic carbocycles. The van der Waals surface area contributed by atoms with Crippen molar-refractivity contribution >= 4 is 9.84 Å². The maximum atomic E-state index is 12.1. The van der Waals surface area contributed by atoms with Gasteiger partial charge in [-0.05, 0) is 56.4 Å². The van der Waals surface area contributed by atoms with E-state index in [-0.39, 0.29) is 11.6 Å². The molecule has 1 fully saturated rings. The third-order valence-electron chi connectivity index (χ3n) is 3.96. The SMILES string of the molecule is Cc1cc(Oc2cn(CS(=O)(=O)CC3CC3)nc2C)ccc1C#N. The molecule has 1 saturated carbocycles. The monoisotopic (exact) mass is 345 g/mol. The number of rotatable bonds is 6. The van der Waals surface area contributed by atoms with Gasteiger partial charge in [-0.3, -0.25) is 4.68 Å². The molecule has 7 heteroatoms. The molecular formula is C17H19N3O3S. The summed E-state index contributed by atoms with van der Waals surface area (Å²) in [6, 6.07) is 7.30. The summed E-state index contributed by atoms with van der Waals surface area (Å²) in [5.41, 5.74) is 2.05. The minimum absolute atomic E-state index is 0.125. The Balaban J connectivity index is 1.74. The number of ether oxygens (including phenoxy) is 1. The van der Waals surface area contributed by atoms with Gasteiger partial charge in [-0.1, -0.05) is 0 Å². The Kier molecular flexibility index (Phi) is 4.33. The average Bonchev–Trinajstić information content (AvgIpc) is 3.22. The second-order valence-corrected chi connectivity index (χ2v) is 8.37. The van der Waals surface area contributed by atoms with Crippen LogP contribution >= 0.6 is 0 Å². The Hall–Kier alpha value is -2.33. The molecule has 0 bridgehead atoms. The van der Waals surface area contributed by atoms with Crippen molar-refractivity contribution in [1.82, 2.24) is 9.78 Å². The lowest BCUT2D eigenvalue weighted by Gasteiger charge is -2.05. The van der Waals surface area contributed by atoms with E-state index in [0.717, 1.165) is 18.4 Å². The minimum atomic E-state index is -3.15. The summed E-state index contributed by atoms with van der Waals surface area (Å²) in [6.45, 7) is 3.61. The van der Waals surface area contributed by atoms with Crippen molar-refractivity contribution in [2.75, 3.05) is 5.75 Å². The first-order valence-corrected chi connectivity index (χ1v) is 9.61. The van der Waals surface area contributed by atoms with Gasteiger partial charge in [0.2, 0.25) is 0 Å². The molecule has 6 nitrogen and oxygen atoms in total. The Morgan fingerprint density at radius 3 is 2.75 bits per heavy atom. The zero-order valence-electron chi connectivity index (χ0n) is 13.7. The smallest absolute Gasteiger partial charge is 0.170 e. The molecule has 0 saturated heterocycles. The molecule has 24 heavy (non-hydrogen) atoms. The number of hydrogen-bond donors (Lipinski definition) is 0. The minimum Gasteiger partial charge on any atom is -0.454 e. The highest BCUT2D eigenvalue weighted by atomic mass is 32.2. The van der Waals surface area contributed by atoms with Crippen molar-refractivity contribution in [2.45, 2.75) is 32.6 Å². The summed E-state index contributed by atoms with van der Waals surface area (Å²) in [5, 5.41) is 13.2. The third kappa shape index (κ3) is 3.95. The fraction of sp³-hybridized carbons (Fsp3) is 0.412. The van der Waals surface area contributed by atoms with Crippen LogP contribution in [-0.4, -0.2) is 24.0 Å². The molecule has 0 radical (unpaired) electrons. The number of hydrogen-bond acceptors (Lipinski definition) is 5. The van der Waals surface area contributed by atoms with E-state index < -0.39 is 9.84 Å². The first-order valence-electron chi connectivity index (χ1n) is 7.79. The molecule has 1 heterocycles. The highest BCUT2D eigenvalue weighted by Gasteiger charge is 2.28. The first-order chi connectivity index (χ1) is 11.4. The van der Waals surface area contributed by atoms with Gasteiger partial charge >= 0.3 is 0 Å². The number of aromatic nitrogens is 2. The van der Waals surface area contributed by atoms with Gasteiger partial charge in [-0.25, -0.2) is 8.42 Å². The summed E-state index contributed by atoms with van der Waals surface area (Å²) in [4.78, 5) is 0. The van der Waals surface area contributed by atoms with E-state index >= 15 is 0 Å². The summed E-state index contributed by atoms with van der Waals surface area (Å²) >= 11 is 0. The molecule has 2 aromatic rings. The number of aryl methyl sites for hydroxylation is 2. The summed E-state index contributed by atoms with van der Waals surface area (Å²) in [6.07, 6.45) is 3.61. The van der Waals surface area contributed by atoms with Crippen LogP contribution in [0.25, 0.3) is 0 Å². The van der Waals surface area contributed by atoms with Crippen LogP contribution in [0.3, 0.4) is 0 Å². The molecule has 1 aliphatic carbocycles. The van der Waals surface area contributed by atoms with Crippen LogP contribution in [0.1, 0.15) is 29.7 Å². The fourth-order valence-corrected chi connectivity index (χ4v) is 4.21. The zero-order valence-corrected chi connectivity index (χ0v) is 14.5. The highest BCUT2D eigenvalue weighted by Crippen LogP contribution is 2.31. The molecule has 0 spiro atoms. The average molecular weight is 345 g/mol. The quantitative estimate of drug-likeness (QED) is 0.803. The van der Waals surface area contributed by atoms with Gasteiger partial charge in [-0.2, -0.15) is 10.4 Å². The maximum Gasteiger partial charge on any atom is 0.170 e. The third-order valence-corrected chi connectivity index (χ3v) is 5.60. The van der Waals surface area contributed by atoms with E-state index in [4.69, 9.17) is 10.00 Å². The fourth-order valence-electron chi connectivity index (χ4n) is 2.52. The molecular weight excluding hydrogens is 326 g/mol. The van der Waals surface area contributed by atoms with E-state index in [9.17, 15) is 8.42 Å². The number of sulfone groups is 1. The van der Waals surface area contributed by atoms with Crippen LogP contribution < -0.4 is 4.74 Å². The zero-order chi connectivity index (χ0) is 17.3. The van der Waals surface area contributed by atoms with Crippen molar-refractivity contribution in [3.8, 4) is 17.6 Å². The van der Waals surface area contributed by atoms with Crippen LogP contribution in [0.15, 0.2) is 24.4 Å². The lowest BCUT2D eigenvalue weighted by molar-refractivity contribution is 0.478. The van der Waals surface area contributed by atoms with Gasteiger partial charge in [0.1, 0.15) is 17.3 Å². The van der Waals surface area contributed by atoms with E-state index in [2.05, 4.69) is 11.2 Å². The van der Waals surface area contributed by atoms with Gasteiger partial charge in [0.25, 0.3) is 0 Å². The Bertz CT molecular complexity index is 906. The van der Waals surface area contributed by atoms with Crippen LogP contribution in [0, 0.1) is 31.1 Å². The van der Waals surface area contributed by atoms with Crippen molar-refractivity contribution in [3.05, 3.63) is 41.2 Å². The predicted octanol–water partition coefficient (Wildman–Crippen LogP) is 2.95. The molecule has 126 valence electrons. The summed E-state index contributed by atoms with van der Waals surface area (Å²) < 4.78 is 31.4. The van der Waals surface area contributed by atoms with Crippen molar-refractivity contribution < 1.29 is 13.2 Å². The van der Waals surface area contributed by atoms with Crippen LogP contribution in [0.2, 0.25) is 0 Å². The summed E-state index contributed by atoms with van der Waals surface area (Å²) in [5.74, 6) is 1.54. The normalized spacial score (nSPS) is 14.4. The molecule has 3 rings (SSSR count). The maximum absolute atomic E-state index is 12.1. The highest BCUT2D eigenvalue weighted by molar-refractivity contribution is 7.90. The van der Waals surface area contributed by atoms with Crippen molar-refractivity contribution in [1.29, 1.82) is 5.26 Å². The van der Waals surface area contributed by atoms with Crippen molar-refractivity contribution in [3.63, 3.8) is 0 Å².